The van der Waals surface area contributed by atoms with Gasteiger partial charge >= 0.3 is 0 Å². The second kappa shape index (κ2) is 6.04. The Labute approximate surface area is 116 Å². The molecule has 0 fully saturated rings. The Balaban J connectivity index is 2.29. The molecule has 0 aliphatic heterocycles. The summed E-state index contributed by atoms with van der Waals surface area (Å²) in [6.07, 6.45) is -0.244. The first kappa shape index (κ1) is 13.8. The Kier molecular flexibility index (Phi) is 4.39. The van der Waals surface area contributed by atoms with Gasteiger partial charge in [0.1, 0.15) is 11.5 Å². The number of aliphatic hydroxyl groups is 1. The Morgan fingerprint density at radius 2 is 1.89 bits per heavy atom. The van der Waals surface area contributed by atoms with Gasteiger partial charge in [-0.2, -0.15) is 0 Å². The maximum atomic E-state index is 10.4. The lowest BCUT2D eigenvalue weighted by atomic mass is 10.0. The largest absolute Gasteiger partial charge is 0.496 e. The molecular weight excluding hydrogens is 262 g/mol. The molecule has 0 saturated heterocycles. The monoisotopic (exact) mass is 279 g/mol. The molecule has 19 heavy (non-hydrogen) atoms. The topological polar surface area (TPSA) is 51.6 Å². The molecule has 0 saturated carbocycles. The summed E-state index contributed by atoms with van der Waals surface area (Å²) < 4.78 is 10.6. The molecule has 1 atom stereocenters. The summed E-state index contributed by atoms with van der Waals surface area (Å²) in [5.41, 5.74) is 1.64. The highest BCUT2D eigenvalue weighted by Crippen LogP contribution is 2.35. The normalized spacial score (nSPS) is 12.2. The summed E-state index contributed by atoms with van der Waals surface area (Å²) >= 11 is 1.55. The summed E-state index contributed by atoms with van der Waals surface area (Å²) in [6.45, 7) is 1.94. The number of nitrogens with zero attached hydrogens (tertiary/aromatic N) is 1. The lowest BCUT2D eigenvalue weighted by molar-refractivity contribution is 0.169. The molecule has 5 heteroatoms. The van der Waals surface area contributed by atoms with Crippen molar-refractivity contribution < 1.29 is 14.6 Å². The molecule has 1 aromatic carbocycles. The predicted molar refractivity (Wildman–Crippen MR) is 75.1 cm³/mol. The summed E-state index contributed by atoms with van der Waals surface area (Å²) in [4.78, 5) is 4.36. The van der Waals surface area contributed by atoms with Crippen LogP contribution >= 0.6 is 11.3 Å². The van der Waals surface area contributed by atoms with Crippen molar-refractivity contribution in [1.29, 1.82) is 0 Å². The number of aromatic nitrogens is 1. The van der Waals surface area contributed by atoms with Crippen LogP contribution in [0.25, 0.3) is 0 Å². The molecule has 1 unspecified atom stereocenters. The van der Waals surface area contributed by atoms with Gasteiger partial charge in [-0.3, -0.25) is 0 Å². The van der Waals surface area contributed by atoms with E-state index in [9.17, 15) is 5.11 Å². The van der Waals surface area contributed by atoms with E-state index >= 15 is 0 Å². The molecule has 0 spiro atoms. The molecule has 0 aliphatic carbocycles. The zero-order valence-corrected chi connectivity index (χ0v) is 12.0. The quantitative estimate of drug-likeness (QED) is 0.914. The van der Waals surface area contributed by atoms with E-state index in [1.54, 1.807) is 25.6 Å². The van der Waals surface area contributed by atoms with Gasteiger partial charge in [-0.15, -0.1) is 11.3 Å². The first-order valence-electron chi connectivity index (χ1n) is 5.95. The van der Waals surface area contributed by atoms with Crippen molar-refractivity contribution in [1.82, 2.24) is 4.98 Å². The van der Waals surface area contributed by atoms with Crippen molar-refractivity contribution in [3.63, 3.8) is 0 Å². The van der Waals surface area contributed by atoms with Gasteiger partial charge in [0.2, 0.25) is 0 Å². The zero-order chi connectivity index (χ0) is 13.8. The number of ether oxygens (including phenoxy) is 2. The molecule has 0 bridgehead atoms. The van der Waals surface area contributed by atoms with E-state index in [-0.39, 0.29) is 0 Å². The van der Waals surface area contributed by atoms with Crippen LogP contribution in [0.4, 0.5) is 0 Å². The van der Waals surface area contributed by atoms with Crippen LogP contribution in [0.2, 0.25) is 0 Å². The fourth-order valence-electron chi connectivity index (χ4n) is 1.97. The molecule has 1 N–H and O–H groups in total. The molecule has 1 heterocycles. The lowest BCUT2D eigenvalue weighted by Crippen LogP contribution is -2.06. The van der Waals surface area contributed by atoms with Crippen LogP contribution in [-0.2, 0) is 6.42 Å². The van der Waals surface area contributed by atoms with Gasteiger partial charge in [-0.25, -0.2) is 4.98 Å². The minimum atomic E-state index is -0.698. The average Bonchev–Trinajstić information content (AvgIpc) is 2.82. The molecule has 102 valence electrons. The van der Waals surface area contributed by atoms with Gasteiger partial charge in [0.25, 0.3) is 0 Å². The third-order valence-corrected chi connectivity index (χ3v) is 3.82. The van der Waals surface area contributed by atoms with Gasteiger partial charge in [-0.05, 0) is 19.1 Å². The fraction of sp³-hybridized carbons (Fsp3) is 0.357. The molecule has 0 amide bonds. The molecule has 2 aromatic rings. The first-order valence-corrected chi connectivity index (χ1v) is 6.83. The van der Waals surface area contributed by atoms with Crippen LogP contribution in [-0.4, -0.2) is 24.3 Å². The minimum absolute atomic E-state index is 0.454. The van der Waals surface area contributed by atoms with Gasteiger partial charge in [0.05, 0.1) is 30.9 Å². The number of benzene rings is 1. The molecule has 0 aliphatic rings. The van der Waals surface area contributed by atoms with Crippen LogP contribution in [0, 0.1) is 6.92 Å². The van der Waals surface area contributed by atoms with Crippen molar-refractivity contribution >= 4 is 11.3 Å². The van der Waals surface area contributed by atoms with Crippen molar-refractivity contribution in [3.05, 3.63) is 39.8 Å². The summed E-state index contributed by atoms with van der Waals surface area (Å²) in [6, 6.07) is 5.46. The number of aliphatic hydroxyl groups excluding tert-OH is 1. The van der Waals surface area contributed by atoms with E-state index in [0.717, 1.165) is 10.7 Å². The minimum Gasteiger partial charge on any atom is -0.496 e. The van der Waals surface area contributed by atoms with Gasteiger partial charge in [0, 0.05) is 17.5 Å². The van der Waals surface area contributed by atoms with E-state index in [4.69, 9.17) is 9.47 Å². The fourth-order valence-corrected chi connectivity index (χ4v) is 2.78. The maximum absolute atomic E-state index is 10.4. The van der Waals surface area contributed by atoms with E-state index in [0.29, 0.717) is 23.5 Å². The molecular formula is C14H17NO3S. The molecule has 0 radical (unpaired) electrons. The van der Waals surface area contributed by atoms with E-state index in [2.05, 4.69) is 4.98 Å². The molecule has 1 aromatic heterocycles. The second-order valence-electron chi connectivity index (χ2n) is 4.18. The SMILES string of the molecule is COc1cccc(OC)c1C(O)Cc1nc(C)cs1. The van der Waals surface area contributed by atoms with Crippen molar-refractivity contribution in [2.75, 3.05) is 14.2 Å². The Hall–Kier alpha value is -1.59. The highest BCUT2D eigenvalue weighted by atomic mass is 32.1. The van der Waals surface area contributed by atoms with Crippen molar-refractivity contribution in [3.8, 4) is 11.5 Å². The predicted octanol–water partition coefficient (Wildman–Crippen LogP) is 2.74. The summed E-state index contributed by atoms with van der Waals surface area (Å²) in [7, 11) is 3.16. The third-order valence-electron chi connectivity index (χ3n) is 2.83. The van der Waals surface area contributed by atoms with Gasteiger partial charge in [0.15, 0.2) is 0 Å². The highest BCUT2D eigenvalue weighted by molar-refractivity contribution is 7.09. The highest BCUT2D eigenvalue weighted by Gasteiger charge is 2.20. The van der Waals surface area contributed by atoms with Gasteiger partial charge < -0.3 is 14.6 Å². The Bertz CT molecular complexity index is 531. The van der Waals surface area contributed by atoms with Crippen LogP contribution in [0.5, 0.6) is 11.5 Å². The third kappa shape index (κ3) is 3.05. The number of thiazole rings is 1. The number of hydrogen-bond donors (Lipinski definition) is 1. The average molecular weight is 279 g/mol. The second-order valence-corrected chi connectivity index (χ2v) is 5.12. The number of aryl methyl sites for hydroxylation is 1. The summed E-state index contributed by atoms with van der Waals surface area (Å²) in [5, 5.41) is 13.3. The zero-order valence-electron chi connectivity index (χ0n) is 11.2. The van der Waals surface area contributed by atoms with Crippen LogP contribution in [0.15, 0.2) is 23.6 Å². The van der Waals surface area contributed by atoms with Crippen LogP contribution in [0.1, 0.15) is 22.4 Å². The molecule has 4 nitrogen and oxygen atoms in total. The van der Waals surface area contributed by atoms with E-state index in [1.807, 2.05) is 30.5 Å². The van der Waals surface area contributed by atoms with Gasteiger partial charge in [-0.1, -0.05) is 6.07 Å². The van der Waals surface area contributed by atoms with E-state index < -0.39 is 6.10 Å². The lowest BCUT2D eigenvalue weighted by Gasteiger charge is -2.17. The number of rotatable bonds is 5. The molecule has 2 rings (SSSR count). The van der Waals surface area contributed by atoms with E-state index in [1.165, 1.54) is 0 Å². The maximum Gasteiger partial charge on any atom is 0.128 e. The number of methoxy groups -OCH3 is 2. The summed E-state index contributed by atoms with van der Waals surface area (Å²) in [5.74, 6) is 1.25. The van der Waals surface area contributed by atoms with Crippen LogP contribution in [0.3, 0.4) is 0 Å². The Morgan fingerprint density at radius 3 is 2.37 bits per heavy atom. The number of hydrogen-bond acceptors (Lipinski definition) is 5. The standard InChI is InChI=1S/C14H17NO3S/c1-9-8-19-13(15-9)7-10(16)14-11(17-2)5-4-6-12(14)18-3/h4-6,8,10,16H,7H2,1-3H3. The first-order chi connectivity index (χ1) is 9.15. The van der Waals surface area contributed by atoms with Crippen molar-refractivity contribution in [2.24, 2.45) is 0 Å². The Morgan fingerprint density at radius 1 is 1.26 bits per heavy atom. The smallest absolute Gasteiger partial charge is 0.128 e. The van der Waals surface area contributed by atoms with Crippen molar-refractivity contribution in [2.45, 2.75) is 19.4 Å². The van der Waals surface area contributed by atoms with Crippen LogP contribution < -0.4 is 9.47 Å².